The van der Waals surface area contributed by atoms with E-state index in [0.29, 0.717) is 5.56 Å². The van der Waals surface area contributed by atoms with Crippen molar-refractivity contribution in [2.45, 2.75) is 13.3 Å². The molecule has 2 aromatic heterocycles. The molecule has 4 aromatic rings. The molecular weight excluding hydrogens is 336 g/mol. The lowest BCUT2D eigenvalue weighted by Gasteiger charge is -2.15. The van der Waals surface area contributed by atoms with Crippen LogP contribution >= 0.6 is 0 Å². The lowest BCUT2D eigenvalue weighted by Crippen LogP contribution is -2.08. The number of hydrogen-bond donors (Lipinski definition) is 1. The summed E-state index contributed by atoms with van der Waals surface area (Å²) in [7, 11) is 1.68. The average Bonchev–Trinajstić information content (AvgIpc) is 2.73. The van der Waals surface area contributed by atoms with E-state index in [4.69, 9.17) is 9.72 Å². The van der Waals surface area contributed by atoms with Crippen LogP contribution in [0.15, 0.2) is 71.8 Å². The Morgan fingerprint density at radius 2 is 1.81 bits per heavy atom. The first-order chi connectivity index (χ1) is 13.2. The molecule has 0 amide bonds. The van der Waals surface area contributed by atoms with Crippen LogP contribution in [0.3, 0.4) is 0 Å². The van der Waals surface area contributed by atoms with Gasteiger partial charge in [0.05, 0.1) is 12.6 Å². The highest BCUT2D eigenvalue weighted by Crippen LogP contribution is 2.37. The molecule has 134 valence electrons. The third-order valence-corrected chi connectivity index (χ3v) is 4.80. The molecule has 0 bridgehead atoms. The van der Waals surface area contributed by atoms with Gasteiger partial charge < -0.3 is 9.72 Å². The molecule has 0 saturated carbocycles. The van der Waals surface area contributed by atoms with Crippen molar-refractivity contribution in [1.29, 1.82) is 0 Å². The van der Waals surface area contributed by atoms with E-state index < -0.39 is 0 Å². The highest BCUT2D eigenvalue weighted by molar-refractivity contribution is 6.00. The lowest BCUT2D eigenvalue weighted by molar-refractivity contribution is 0.415. The zero-order chi connectivity index (χ0) is 18.8. The summed E-state index contributed by atoms with van der Waals surface area (Å²) in [6, 6.07) is 17.9. The predicted octanol–water partition coefficient (Wildman–Crippen LogP) is 4.83. The van der Waals surface area contributed by atoms with Crippen LogP contribution in [0.2, 0.25) is 0 Å². The van der Waals surface area contributed by atoms with Gasteiger partial charge >= 0.3 is 0 Å². The second-order valence-corrected chi connectivity index (χ2v) is 6.37. The molecule has 0 spiro atoms. The van der Waals surface area contributed by atoms with Crippen LogP contribution in [0.1, 0.15) is 12.5 Å². The van der Waals surface area contributed by atoms with Gasteiger partial charge in [-0.1, -0.05) is 37.3 Å². The molecule has 0 saturated heterocycles. The largest absolute Gasteiger partial charge is 0.496 e. The number of aromatic nitrogens is 2. The Bertz CT molecular complexity index is 1160. The van der Waals surface area contributed by atoms with Gasteiger partial charge in [-0.15, -0.1) is 0 Å². The van der Waals surface area contributed by atoms with Crippen LogP contribution in [0.5, 0.6) is 5.75 Å². The summed E-state index contributed by atoms with van der Waals surface area (Å²) in [6.45, 7) is 2.08. The maximum atomic E-state index is 12.4. The molecule has 0 atom stereocenters. The van der Waals surface area contributed by atoms with Crippen molar-refractivity contribution in [3.8, 4) is 28.0 Å². The topological polar surface area (TPSA) is 55.0 Å². The van der Waals surface area contributed by atoms with E-state index in [-0.39, 0.29) is 5.56 Å². The van der Waals surface area contributed by atoms with E-state index in [1.54, 1.807) is 13.3 Å². The number of hydrogen-bond acceptors (Lipinski definition) is 3. The van der Waals surface area contributed by atoms with E-state index in [9.17, 15) is 4.79 Å². The summed E-state index contributed by atoms with van der Waals surface area (Å²) in [6.07, 6.45) is 4.29. The predicted molar refractivity (Wildman–Crippen MR) is 109 cm³/mol. The first-order valence-electron chi connectivity index (χ1n) is 8.96. The number of nitrogens with zero attached hydrogens (tertiary/aromatic N) is 1. The number of aryl methyl sites for hydroxylation is 1. The van der Waals surface area contributed by atoms with Gasteiger partial charge in [0.25, 0.3) is 5.56 Å². The molecule has 2 aromatic carbocycles. The normalized spacial score (nSPS) is 10.9. The fourth-order valence-corrected chi connectivity index (χ4v) is 3.46. The molecule has 0 aliphatic rings. The molecule has 0 fully saturated rings. The third-order valence-electron chi connectivity index (χ3n) is 4.80. The number of benzene rings is 2. The van der Waals surface area contributed by atoms with Gasteiger partial charge in [0.1, 0.15) is 5.75 Å². The van der Waals surface area contributed by atoms with E-state index >= 15 is 0 Å². The maximum absolute atomic E-state index is 12.4. The number of fused-ring (bicyclic) bond motifs is 1. The monoisotopic (exact) mass is 356 g/mol. The molecule has 2 heterocycles. The summed E-state index contributed by atoms with van der Waals surface area (Å²) in [4.78, 5) is 19.9. The van der Waals surface area contributed by atoms with E-state index in [1.165, 1.54) is 0 Å². The lowest BCUT2D eigenvalue weighted by atomic mass is 9.96. The van der Waals surface area contributed by atoms with E-state index in [2.05, 4.69) is 30.1 Å². The molecule has 0 aliphatic carbocycles. The molecule has 4 nitrogen and oxygen atoms in total. The minimum absolute atomic E-state index is 0.125. The van der Waals surface area contributed by atoms with Gasteiger partial charge in [0.2, 0.25) is 0 Å². The van der Waals surface area contributed by atoms with Crippen LogP contribution in [0.4, 0.5) is 0 Å². The zero-order valence-electron chi connectivity index (χ0n) is 15.3. The Hall–Kier alpha value is -3.40. The average molecular weight is 356 g/mol. The third kappa shape index (κ3) is 2.99. The van der Waals surface area contributed by atoms with Crippen molar-refractivity contribution < 1.29 is 4.74 Å². The summed E-state index contributed by atoms with van der Waals surface area (Å²) in [5, 5.41) is 0.913. The fraction of sp³-hybridized carbons (Fsp3) is 0.130. The maximum Gasteiger partial charge on any atom is 0.255 e. The van der Waals surface area contributed by atoms with Crippen LogP contribution in [-0.4, -0.2) is 17.1 Å². The minimum Gasteiger partial charge on any atom is -0.496 e. The van der Waals surface area contributed by atoms with Gasteiger partial charge in [-0.05, 0) is 41.8 Å². The zero-order valence-corrected chi connectivity index (χ0v) is 15.3. The Balaban J connectivity index is 2.06. The van der Waals surface area contributed by atoms with Crippen molar-refractivity contribution in [2.75, 3.05) is 7.11 Å². The van der Waals surface area contributed by atoms with Crippen molar-refractivity contribution in [3.05, 3.63) is 82.9 Å². The Morgan fingerprint density at radius 1 is 1.00 bits per heavy atom. The highest BCUT2D eigenvalue weighted by Gasteiger charge is 2.17. The van der Waals surface area contributed by atoms with E-state index in [0.717, 1.165) is 45.3 Å². The number of pyridine rings is 2. The quantitative estimate of drug-likeness (QED) is 0.570. The van der Waals surface area contributed by atoms with Crippen LogP contribution in [0, 0.1) is 0 Å². The number of aromatic amines is 1. The number of rotatable bonds is 4. The number of H-pyrrole nitrogens is 1. The minimum atomic E-state index is -0.125. The summed E-state index contributed by atoms with van der Waals surface area (Å²) < 4.78 is 5.74. The highest BCUT2D eigenvalue weighted by atomic mass is 16.5. The molecule has 27 heavy (non-hydrogen) atoms. The van der Waals surface area contributed by atoms with Crippen LogP contribution < -0.4 is 10.3 Å². The molecule has 1 N–H and O–H groups in total. The summed E-state index contributed by atoms with van der Waals surface area (Å²) in [5.74, 6) is 0.814. The number of ether oxygens (including phenoxy) is 1. The molecule has 4 rings (SSSR count). The molecular formula is C23H20N2O2. The van der Waals surface area contributed by atoms with Crippen molar-refractivity contribution in [1.82, 2.24) is 9.97 Å². The van der Waals surface area contributed by atoms with Gasteiger partial charge in [0, 0.05) is 34.5 Å². The smallest absolute Gasteiger partial charge is 0.255 e. The van der Waals surface area contributed by atoms with Crippen molar-refractivity contribution in [3.63, 3.8) is 0 Å². The standard InChI is InChI=1S/C23H20N2O2/c1-3-15-12-19(18-10-7-11-24-23(18)26)21-20(22(15)27-2)13-17(14-25-21)16-8-5-4-6-9-16/h4-14H,3H2,1-2H3,(H,24,26). The summed E-state index contributed by atoms with van der Waals surface area (Å²) in [5.41, 5.74) is 5.23. The van der Waals surface area contributed by atoms with E-state index in [1.807, 2.05) is 42.6 Å². The summed E-state index contributed by atoms with van der Waals surface area (Å²) >= 11 is 0. The Morgan fingerprint density at radius 3 is 2.52 bits per heavy atom. The van der Waals surface area contributed by atoms with Gasteiger partial charge in [-0.25, -0.2) is 0 Å². The molecule has 4 heteroatoms. The second kappa shape index (κ2) is 7.08. The van der Waals surface area contributed by atoms with Crippen LogP contribution in [0.25, 0.3) is 33.2 Å². The van der Waals surface area contributed by atoms with Gasteiger partial charge in [-0.3, -0.25) is 9.78 Å². The Labute approximate surface area is 157 Å². The van der Waals surface area contributed by atoms with Gasteiger partial charge in [-0.2, -0.15) is 0 Å². The SMILES string of the molecule is CCc1cc(-c2ccc[nH]c2=O)c2ncc(-c3ccccc3)cc2c1OC. The Kier molecular flexibility index (Phi) is 4.47. The van der Waals surface area contributed by atoms with Crippen molar-refractivity contribution in [2.24, 2.45) is 0 Å². The number of methoxy groups -OCH3 is 1. The molecule has 0 radical (unpaired) electrons. The van der Waals surface area contributed by atoms with Gasteiger partial charge in [0.15, 0.2) is 0 Å². The molecule has 0 unspecified atom stereocenters. The number of nitrogens with one attached hydrogen (secondary N) is 1. The first-order valence-corrected chi connectivity index (χ1v) is 8.96. The molecule has 0 aliphatic heterocycles. The second-order valence-electron chi connectivity index (χ2n) is 6.37. The van der Waals surface area contributed by atoms with Crippen molar-refractivity contribution >= 4 is 10.9 Å². The fourth-order valence-electron chi connectivity index (χ4n) is 3.46. The first kappa shape index (κ1) is 17.0. The van der Waals surface area contributed by atoms with Crippen LogP contribution in [-0.2, 0) is 6.42 Å².